The summed E-state index contributed by atoms with van der Waals surface area (Å²) in [5, 5.41) is 13.9. The maximum atomic E-state index is 13.0. The van der Waals surface area contributed by atoms with E-state index in [2.05, 4.69) is 32.0 Å². The number of alkyl halides is 3. The number of hydrogen-bond acceptors (Lipinski definition) is 7. The highest BCUT2D eigenvalue weighted by atomic mass is 35.5. The number of rotatable bonds is 7. The van der Waals surface area contributed by atoms with Gasteiger partial charge in [0, 0.05) is 38.3 Å². The Hall–Kier alpha value is -2.30. The molecular weight excluding hydrogens is 517 g/mol. The lowest BCUT2D eigenvalue weighted by Crippen LogP contribution is -2.53. The number of benzene rings is 1. The second-order valence-corrected chi connectivity index (χ2v) is 10.3. The van der Waals surface area contributed by atoms with Gasteiger partial charge in [0.1, 0.15) is 5.69 Å². The Kier molecular flexibility index (Phi) is 10.1. The zero-order chi connectivity index (χ0) is 28.1. The molecule has 2 atom stereocenters. The monoisotopic (exact) mass is 556 g/mol. The van der Waals surface area contributed by atoms with Crippen molar-refractivity contribution in [2.45, 2.75) is 83.7 Å². The number of aromatic nitrogens is 2. The molecule has 0 spiro atoms. The molecule has 1 saturated heterocycles. The minimum atomic E-state index is -4.35. The number of nitrogens with two attached hydrogens (primary N) is 1. The Morgan fingerprint density at radius 2 is 1.79 bits per heavy atom. The number of nitrogens with one attached hydrogen (secondary N) is 1. The van der Waals surface area contributed by atoms with Gasteiger partial charge in [-0.3, -0.25) is 4.90 Å². The SMILES string of the molecule is CC.CCC(c1ccc(C(F)(F)F)cc1)N1CCN(c2nc(Cl)nc(NCC3(O)CCCC3)c2N)C(C)C1. The van der Waals surface area contributed by atoms with Crippen molar-refractivity contribution >= 4 is 28.9 Å². The van der Waals surface area contributed by atoms with E-state index < -0.39 is 17.3 Å². The fourth-order valence-corrected chi connectivity index (χ4v) is 5.59. The van der Waals surface area contributed by atoms with E-state index in [0.29, 0.717) is 43.5 Å². The van der Waals surface area contributed by atoms with E-state index in [0.717, 1.165) is 49.8 Å². The molecule has 4 N–H and O–H groups in total. The van der Waals surface area contributed by atoms with E-state index in [-0.39, 0.29) is 17.4 Å². The van der Waals surface area contributed by atoms with Crippen LogP contribution in [-0.4, -0.2) is 57.8 Å². The number of hydrogen-bond donors (Lipinski definition) is 3. The molecule has 1 aliphatic carbocycles. The topological polar surface area (TPSA) is 90.5 Å². The van der Waals surface area contributed by atoms with Crippen LogP contribution in [0, 0.1) is 0 Å². The van der Waals surface area contributed by atoms with Gasteiger partial charge in [0.2, 0.25) is 5.28 Å². The molecule has 1 aromatic carbocycles. The van der Waals surface area contributed by atoms with Gasteiger partial charge in [0.05, 0.1) is 11.2 Å². The van der Waals surface area contributed by atoms with E-state index in [4.69, 9.17) is 17.3 Å². The van der Waals surface area contributed by atoms with Crippen molar-refractivity contribution in [2.24, 2.45) is 0 Å². The summed E-state index contributed by atoms with van der Waals surface area (Å²) in [6.07, 6.45) is -0.102. The molecule has 0 bridgehead atoms. The van der Waals surface area contributed by atoms with Crippen molar-refractivity contribution < 1.29 is 18.3 Å². The van der Waals surface area contributed by atoms with Crippen LogP contribution in [0.1, 0.15) is 77.0 Å². The summed E-state index contributed by atoms with van der Waals surface area (Å²) in [4.78, 5) is 13.0. The Bertz CT molecular complexity index is 1050. The molecule has 2 fully saturated rings. The van der Waals surface area contributed by atoms with Crippen LogP contribution in [-0.2, 0) is 6.18 Å². The van der Waals surface area contributed by atoms with E-state index in [1.165, 1.54) is 0 Å². The van der Waals surface area contributed by atoms with E-state index in [9.17, 15) is 18.3 Å². The van der Waals surface area contributed by atoms with Gasteiger partial charge < -0.3 is 21.1 Å². The number of aliphatic hydroxyl groups is 1. The molecule has 2 aromatic rings. The second kappa shape index (κ2) is 12.7. The quantitative estimate of drug-likeness (QED) is 0.353. The third-order valence-corrected chi connectivity index (χ3v) is 7.57. The van der Waals surface area contributed by atoms with Crippen LogP contribution in [0.25, 0.3) is 0 Å². The summed E-state index contributed by atoms with van der Waals surface area (Å²) in [6.45, 7) is 10.4. The molecule has 1 saturated carbocycles. The predicted octanol–water partition coefficient (Wildman–Crippen LogP) is 6.14. The first-order chi connectivity index (χ1) is 18.0. The Balaban J connectivity index is 0.00000195. The Labute approximate surface area is 228 Å². The Morgan fingerprint density at radius 3 is 2.34 bits per heavy atom. The van der Waals surface area contributed by atoms with E-state index in [1.807, 2.05) is 20.8 Å². The first-order valence-electron chi connectivity index (χ1n) is 13.5. The molecule has 7 nitrogen and oxygen atoms in total. The van der Waals surface area contributed by atoms with Crippen molar-refractivity contribution in [3.05, 3.63) is 40.7 Å². The number of piperazine rings is 1. The molecule has 212 valence electrons. The van der Waals surface area contributed by atoms with Gasteiger partial charge in [-0.15, -0.1) is 0 Å². The average molecular weight is 557 g/mol. The number of nitrogens with zero attached hydrogens (tertiary/aromatic N) is 4. The van der Waals surface area contributed by atoms with Gasteiger partial charge in [-0.2, -0.15) is 23.1 Å². The van der Waals surface area contributed by atoms with Crippen molar-refractivity contribution in [3.63, 3.8) is 0 Å². The first-order valence-corrected chi connectivity index (χ1v) is 13.9. The van der Waals surface area contributed by atoms with E-state index >= 15 is 0 Å². The molecule has 1 aliphatic heterocycles. The molecule has 1 aromatic heterocycles. The zero-order valence-electron chi connectivity index (χ0n) is 22.7. The fourth-order valence-electron chi connectivity index (χ4n) is 5.43. The van der Waals surface area contributed by atoms with Crippen LogP contribution in [0.2, 0.25) is 5.28 Å². The average Bonchev–Trinajstić information content (AvgIpc) is 3.33. The van der Waals surface area contributed by atoms with Crippen molar-refractivity contribution in [2.75, 3.05) is 42.1 Å². The Morgan fingerprint density at radius 1 is 1.16 bits per heavy atom. The molecule has 0 amide bonds. The van der Waals surface area contributed by atoms with Gasteiger partial charge in [-0.25, -0.2) is 0 Å². The summed E-state index contributed by atoms with van der Waals surface area (Å²) >= 11 is 6.25. The normalized spacial score (nSPS) is 20.6. The van der Waals surface area contributed by atoms with Crippen LogP contribution in [0.15, 0.2) is 24.3 Å². The molecule has 2 heterocycles. The van der Waals surface area contributed by atoms with Crippen LogP contribution in [0.4, 0.5) is 30.5 Å². The lowest BCUT2D eigenvalue weighted by molar-refractivity contribution is -0.137. The summed E-state index contributed by atoms with van der Waals surface area (Å²) in [6, 6.07) is 5.49. The smallest absolute Gasteiger partial charge is 0.393 e. The first kappa shape index (κ1) is 30.2. The summed E-state index contributed by atoms with van der Waals surface area (Å²) in [5.74, 6) is 0.960. The highest BCUT2D eigenvalue weighted by Crippen LogP contribution is 2.36. The molecule has 0 radical (unpaired) electrons. The van der Waals surface area contributed by atoms with Gasteiger partial charge >= 0.3 is 6.18 Å². The van der Waals surface area contributed by atoms with Crippen LogP contribution in [0.5, 0.6) is 0 Å². The largest absolute Gasteiger partial charge is 0.416 e. The molecule has 2 unspecified atom stereocenters. The van der Waals surface area contributed by atoms with Gasteiger partial charge in [0.15, 0.2) is 11.6 Å². The van der Waals surface area contributed by atoms with Gasteiger partial charge in [-0.05, 0) is 55.5 Å². The van der Waals surface area contributed by atoms with Gasteiger partial charge in [-0.1, -0.05) is 45.7 Å². The van der Waals surface area contributed by atoms with Crippen LogP contribution >= 0.6 is 11.6 Å². The highest BCUT2D eigenvalue weighted by Gasteiger charge is 2.34. The minimum Gasteiger partial charge on any atom is -0.393 e. The number of halogens is 4. The maximum Gasteiger partial charge on any atom is 0.416 e. The third kappa shape index (κ3) is 7.01. The van der Waals surface area contributed by atoms with Crippen molar-refractivity contribution in [1.29, 1.82) is 0 Å². The zero-order valence-corrected chi connectivity index (χ0v) is 23.4. The summed E-state index contributed by atoms with van der Waals surface area (Å²) in [5.41, 5.74) is 6.31. The van der Waals surface area contributed by atoms with Crippen LogP contribution < -0.4 is 16.0 Å². The second-order valence-electron chi connectivity index (χ2n) is 9.94. The van der Waals surface area contributed by atoms with Crippen LogP contribution in [0.3, 0.4) is 0 Å². The minimum absolute atomic E-state index is 0.00704. The summed E-state index contributed by atoms with van der Waals surface area (Å²) < 4.78 is 39.0. The van der Waals surface area contributed by atoms with Crippen molar-refractivity contribution in [1.82, 2.24) is 14.9 Å². The lowest BCUT2D eigenvalue weighted by Gasteiger charge is -2.44. The summed E-state index contributed by atoms with van der Waals surface area (Å²) in [7, 11) is 0. The third-order valence-electron chi connectivity index (χ3n) is 7.40. The predicted molar refractivity (Wildman–Crippen MR) is 148 cm³/mol. The lowest BCUT2D eigenvalue weighted by atomic mass is 9.99. The van der Waals surface area contributed by atoms with Crippen molar-refractivity contribution in [3.8, 4) is 0 Å². The molecule has 11 heteroatoms. The molecule has 38 heavy (non-hydrogen) atoms. The molecule has 4 rings (SSSR count). The highest BCUT2D eigenvalue weighted by molar-refractivity contribution is 6.28. The molecule has 2 aliphatic rings. The number of anilines is 3. The van der Waals surface area contributed by atoms with Gasteiger partial charge in [0.25, 0.3) is 0 Å². The standard InChI is InChI=1S/C25H34ClF3N6O.C2H6/c1-3-19(17-6-8-18(9-7-17)25(27,28)29)34-12-13-35(16(2)14-34)22-20(30)21(32-23(26)33-22)31-15-24(36)10-4-5-11-24;1-2/h6-9,16,19,36H,3-5,10-15,30H2,1-2H3,(H,31,32,33);1-2H3. The molecular formula is C27H40ClF3N6O. The number of nitrogen functional groups attached to an aromatic ring is 1. The van der Waals surface area contributed by atoms with E-state index in [1.54, 1.807) is 12.1 Å². The maximum absolute atomic E-state index is 13.0. The fraction of sp³-hybridized carbons (Fsp3) is 0.630.